The van der Waals surface area contributed by atoms with Crippen molar-refractivity contribution < 1.29 is 4.79 Å². The van der Waals surface area contributed by atoms with Crippen molar-refractivity contribution in [3.8, 4) is 0 Å². The molecule has 1 aromatic carbocycles. The van der Waals surface area contributed by atoms with Crippen LogP contribution in [0.5, 0.6) is 0 Å². The van der Waals surface area contributed by atoms with Gasteiger partial charge in [-0.05, 0) is 75.8 Å². The molecule has 1 atom stereocenters. The van der Waals surface area contributed by atoms with Gasteiger partial charge < -0.3 is 0 Å². The Morgan fingerprint density at radius 2 is 1.62 bits per heavy atom. The Bertz CT molecular complexity index is 586. The van der Waals surface area contributed by atoms with Crippen molar-refractivity contribution in [3.05, 3.63) is 57.7 Å². The molecule has 1 rings (SSSR count). The summed E-state index contributed by atoms with van der Waals surface area (Å²) in [6.07, 6.45) is 6.21. The molecule has 1 aromatic rings. The molecule has 1 heteroatoms. The van der Waals surface area contributed by atoms with E-state index in [2.05, 4.69) is 65.8 Å². The minimum atomic E-state index is -0.148. The highest BCUT2D eigenvalue weighted by atomic mass is 16.1. The van der Waals surface area contributed by atoms with Gasteiger partial charge in [0.1, 0.15) is 6.29 Å². The number of benzene rings is 1. The first-order valence-electron chi connectivity index (χ1n) is 7.56. The molecule has 0 amide bonds. The van der Waals surface area contributed by atoms with Gasteiger partial charge in [0.2, 0.25) is 0 Å². The Kier molecular flexibility index (Phi) is 5.71. The van der Waals surface area contributed by atoms with Crippen LogP contribution in [0.3, 0.4) is 0 Å². The Morgan fingerprint density at radius 3 is 2.14 bits per heavy atom. The number of hydrogen-bond acceptors (Lipinski definition) is 1. The van der Waals surface area contributed by atoms with Crippen molar-refractivity contribution in [1.29, 1.82) is 0 Å². The van der Waals surface area contributed by atoms with Crippen LogP contribution in [0, 0.1) is 20.8 Å². The van der Waals surface area contributed by atoms with Crippen LogP contribution in [-0.4, -0.2) is 6.29 Å². The molecular formula is C20H28O. The SMILES string of the molecule is CC(C)=CCC(C)(C=C(C)C=O)c1cc(C)c(C)cc1C. The topological polar surface area (TPSA) is 17.1 Å². The summed E-state index contributed by atoms with van der Waals surface area (Å²) in [6, 6.07) is 4.52. The van der Waals surface area contributed by atoms with Crippen LogP contribution in [0.1, 0.15) is 56.4 Å². The molecule has 0 aliphatic carbocycles. The van der Waals surface area contributed by atoms with Crippen LogP contribution in [0.25, 0.3) is 0 Å². The lowest BCUT2D eigenvalue weighted by atomic mass is 9.75. The predicted molar refractivity (Wildman–Crippen MR) is 91.9 cm³/mol. The summed E-state index contributed by atoms with van der Waals surface area (Å²) in [4.78, 5) is 11.1. The standard InChI is InChI=1S/C20H28O/c1-14(2)8-9-20(7,12-15(3)13-21)19-11-17(5)16(4)10-18(19)6/h8,10-13H,9H2,1-7H3. The Balaban J connectivity index is 3.46. The van der Waals surface area contributed by atoms with Gasteiger partial charge in [0.15, 0.2) is 0 Å². The van der Waals surface area contributed by atoms with Crippen LogP contribution in [0.4, 0.5) is 0 Å². The third kappa shape index (κ3) is 4.42. The Labute approximate surface area is 129 Å². The van der Waals surface area contributed by atoms with Gasteiger partial charge in [-0.3, -0.25) is 4.79 Å². The van der Waals surface area contributed by atoms with Gasteiger partial charge in [-0.1, -0.05) is 36.8 Å². The molecule has 0 spiro atoms. The van der Waals surface area contributed by atoms with Gasteiger partial charge in [0.05, 0.1) is 0 Å². The first-order chi connectivity index (χ1) is 9.69. The molecule has 0 bridgehead atoms. The van der Waals surface area contributed by atoms with Gasteiger partial charge in [0, 0.05) is 5.41 Å². The highest BCUT2D eigenvalue weighted by molar-refractivity contribution is 5.73. The fourth-order valence-electron chi connectivity index (χ4n) is 2.78. The maximum absolute atomic E-state index is 11.1. The molecule has 114 valence electrons. The summed E-state index contributed by atoms with van der Waals surface area (Å²) < 4.78 is 0. The number of allylic oxidation sites excluding steroid dienone is 4. The molecule has 0 fully saturated rings. The van der Waals surface area contributed by atoms with Gasteiger partial charge in [0.25, 0.3) is 0 Å². The minimum absolute atomic E-state index is 0.148. The number of carbonyl (C=O) groups excluding carboxylic acids is 1. The first-order valence-corrected chi connectivity index (χ1v) is 7.56. The third-order valence-corrected chi connectivity index (χ3v) is 4.12. The highest BCUT2D eigenvalue weighted by Crippen LogP contribution is 2.35. The molecule has 1 nitrogen and oxygen atoms in total. The molecule has 21 heavy (non-hydrogen) atoms. The molecule has 0 aliphatic heterocycles. The lowest BCUT2D eigenvalue weighted by molar-refractivity contribution is -0.104. The zero-order chi connectivity index (χ0) is 16.2. The van der Waals surface area contributed by atoms with E-state index in [-0.39, 0.29) is 5.41 Å². The zero-order valence-corrected chi connectivity index (χ0v) is 14.5. The van der Waals surface area contributed by atoms with Gasteiger partial charge >= 0.3 is 0 Å². The maximum Gasteiger partial charge on any atom is 0.145 e. The minimum Gasteiger partial charge on any atom is -0.298 e. The van der Waals surface area contributed by atoms with E-state index in [1.54, 1.807) is 0 Å². The van der Waals surface area contributed by atoms with E-state index >= 15 is 0 Å². The van der Waals surface area contributed by atoms with Crippen LogP contribution in [0.15, 0.2) is 35.4 Å². The summed E-state index contributed by atoms with van der Waals surface area (Å²) in [5.41, 5.74) is 7.16. The lowest BCUT2D eigenvalue weighted by Gasteiger charge is -2.29. The smallest absolute Gasteiger partial charge is 0.145 e. The van der Waals surface area contributed by atoms with E-state index in [0.29, 0.717) is 0 Å². The quantitative estimate of drug-likeness (QED) is 0.403. The molecule has 1 unspecified atom stereocenters. The van der Waals surface area contributed by atoms with Gasteiger partial charge in [-0.25, -0.2) is 0 Å². The van der Waals surface area contributed by atoms with E-state index in [1.807, 2.05) is 6.92 Å². The fourth-order valence-corrected chi connectivity index (χ4v) is 2.78. The molecule has 0 radical (unpaired) electrons. The third-order valence-electron chi connectivity index (χ3n) is 4.12. The van der Waals surface area contributed by atoms with E-state index in [4.69, 9.17) is 0 Å². The zero-order valence-electron chi connectivity index (χ0n) is 14.5. The van der Waals surface area contributed by atoms with Gasteiger partial charge in [-0.2, -0.15) is 0 Å². The predicted octanol–water partition coefficient (Wildman–Crippen LogP) is 5.37. The van der Waals surface area contributed by atoms with E-state index in [1.165, 1.54) is 27.8 Å². The van der Waals surface area contributed by atoms with Crippen LogP contribution < -0.4 is 0 Å². The van der Waals surface area contributed by atoms with Crippen LogP contribution >= 0.6 is 0 Å². The van der Waals surface area contributed by atoms with Crippen molar-refractivity contribution in [2.45, 2.75) is 60.3 Å². The summed E-state index contributed by atoms with van der Waals surface area (Å²) in [5.74, 6) is 0. The van der Waals surface area contributed by atoms with Crippen molar-refractivity contribution in [2.24, 2.45) is 0 Å². The van der Waals surface area contributed by atoms with Crippen LogP contribution in [0.2, 0.25) is 0 Å². The highest BCUT2D eigenvalue weighted by Gasteiger charge is 2.25. The molecule has 0 aromatic heterocycles. The summed E-state index contributed by atoms with van der Waals surface area (Å²) in [6.45, 7) is 14.8. The maximum atomic E-state index is 11.1. The lowest BCUT2D eigenvalue weighted by Crippen LogP contribution is -2.21. The first kappa shape index (κ1) is 17.4. The molecule has 0 saturated carbocycles. The Morgan fingerprint density at radius 1 is 1.05 bits per heavy atom. The molecule has 0 aliphatic rings. The van der Waals surface area contributed by atoms with E-state index in [0.717, 1.165) is 18.3 Å². The normalized spacial score (nSPS) is 14.5. The second-order valence-electron chi connectivity index (χ2n) is 6.66. The van der Waals surface area contributed by atoms with Crippen molar-refractivity contribution >= 4 is 6.29 Å². The number of carbonyl (C=O) groups is 1. The molecule has 0 saturated heterocycles. The van der Waals surface area contributed by atoms with Crippen molar-refractivity contribution in [2.75, 3.05) is 0 Å². The van der Waals surface area contributed by atoms with E-state index in [9.17, 15) is 4.79 Å². The summed E-state index contributed by atoms with van der Waals surface area (Å²) in [7, 11) is 0. The van der Waals surface area contributed by atoms with Crippen LogP contribution in [-0.2, 0) is 10.2 Å². The van der Waals surface area contributed by atoms with Crippen molar-refractivity contribution in [1.82, 2.24) is 0 Å². The largest absolute Gasteiger partial charge is 0.298 e. The van der Waals surface area contributed by atoms with Gasteiger partial charge in [-0.15, -0.1) is 0 Å². The number of hydrogen-bond donors (Lipinski definition) is 0. The second-order valence-corrected chi connectivity index (χ2v) is 6.66. The van der Waals surface area contributed by atoms with Crippen molar-refractivity contribution in [3.63, 3.8) is 0 Å². The summed E-state index contributed by atoms with van der Waals surface area (Å²) in [5, 5.41) is 0. The molecular weight excluding hydrogens is 256 g/mol. The molecule has 0 N–H and O–H groups in total. The molecule has 0 heterocycles. The Hall–Kier alpha value is -1.63. The second kappa shape index (κ2) is 6.89. The fraction of sp³-hybridized carbons (Fsp3) is 0.450. The monoisotopic (exact) mass is 284 g/mol. The average molecular weight is 284 g/mol. The number of aldehydes is 1. The average Bonchev–Trinajstić information content (AvgIpc) is 2.40. The summed E-state index contributed by atoms with van der Waals surface area (Å²) >= 11 is 0. The number of aryl methyl sites for hydroxylation is 3. The van der Waals surface area contributed by atoms with E-state index < -0.39 is 0 Å². The number of rotatable bonds is 5.